The molecule has 8 nitrogen and oxygen atoms in total. The van der Waals surface area contributed by atoms with Gasteiger partial charge in [-0.1, -0.05) is 199 Å². The Hall–Kier alpha value is -1.21. The van der Waals surface area contributed by atoms with Crippen molar-refractivity contribution in [3.63, 3.8) is 0 Å². The molecule has 0 aliphatic rings. The fourth-order valence-corrected chi connectivity index (χ4v) is 7.02. The van der Waals surface area contributed by atoms with Crippen molar-refractivity contribution in [2.24, 2.45) is 0 Å². The SMILES string of the molecule is CCCCCCCCCCC/C=C/CCCCC(=O)OC[C@H](COP(=O)(O)O)OC(=O)CCCCCCCCCCCCCCCCCCCCCC. The van der Waals surface area contributed by atoms with Crippen LogP contribution in [0, 0.1) is 0 Å². The Labute approximate surface area is 327 Å². The third-order valence-electron chi connectivity index (χ3n) is 10.0. The summed E-state index contributed by atoms with van der Waals surface area (Å²) in [5.41, 5.74) is 0. The first-order valence-electron chi connectivity index (χ1n) is 22.5. The van der Waals surface area contributed by atoms with E-state index < -0.39 is 32.5 Å². The zero-order chi connectivity index (χ0) is 38.9. The molecule has 0 bridgehead atoms. The molecule has 0 fully saturated rings. The van der Waals surface area contributed by atoms with Gasteiger partial charge in [0, 0.05) is 12.8 Å². The highest BCUT2D eigenvalue weighted by molar-refractivity contribution is 7.46. The van der Waals surface area contributed by atoms with Gasteiger partial charge in [-0.25, -0.2) is 4.57 Å². The van der Waals surface area contributed by atoms with Gasteiger partial charge in [0.1, 0.15) is 6.61 Å². The number of hydrogen-bond acceptors (Lipinski definition) is 6. The molecule has 0 aliphatic heterocycles. The van der Waals surface area contributed by atoms with Gasteiger partial charge in [0.05, 0.1) is 6.61 Å². The van der Waals surface area contributed by atoms with Gasteiger partial charge in [0.25, 0.3) is 0 Å². The van der Waals surface area contributed by atoms with E-state index in [0.29, 0.717) is 12.8 Å². The number of carbonyl (C=O) groups is 2. The molecule has 0 rings (SSSR count). The molecule has 0 aliphatic carbocycles. The summed E-state index contributed by atoms with van der Waals surface area (Å²) in [5, 5.41) is 0. The minimum atomic E-state index is -4.75. The molecule has 0 radical (unpaired) electrons. The van der Waals surface area contributed by atoms with E-state index in [1.807, 2.05) is 0 Å². The number of esters is 2. The lowest BCUT2D eigenvalue weighted by Gasteiger charge is -2.18. The van der Waals surface area contributed by atoms with Crippen molar-refractivity contribution in [3.8, 4) is 0 Å². The highest BCUT2D eigenvalue weighted by Gasteiger charge is 2.22. The first-order valence-corrected chi connectivity index (χ1v) is 24.0. The van der Waals surface area contributed by atoms with Crippen LogP contribution in [0.4, 0.5) is 0 Å². The van der Waals surface area contributed by atoms with Gasteiger partial charge >= 0.3 is 19.8 Å². The summed E-state index contributed by atoms with van der Waals surface area (Å²) in [4.78, 5) is 42.9. The fraction of sp³-hybridized carbons (Fsp3) is 0.909. The number of hydrogen-bond donors (Lipinski definition) is 2. The van der Waals surface area contributed by atoms with Crippen LogP contribution in [-0.2, 0) is 28.2 Å². The molecule has 0 aromatic rings. The lowest BCUT2D eigenvalue weighted by atomic mass is 10.0. The van der Waals surface area contributed by atoms with Crippen molar-refractivity contribution in [2.45, 2.75) is 245 Å². The van der Waals surface area contributed by atoms with Crippen molar-refractivity contribution in [2.75, 3.05) is 13.2 Å². The first kappa shape index (κ1) is 51.8. The van der Waals surface area contributed by atoms with Crippen LogP contribution >= 0.6 is 7.82 Å². The molecule has 0 aromatic heterocycles. The largest absolute Gasteiger partial charge is 0.469 e. The maximum Gasteiger partial charge on any atom is 0.469 e. The molecule has 9 heteroatoms. The Kier molecular flexibility index (Phi) is 39.5. The topological polar surface area (TPSA) is 119 Å². The second-order valence-corrected chi connectivity index (χ2v) is 16.6. The Morgan fingerprint density at radius 1 is 0.472 bits per heavy atom. The Bertz CT molecular complexity index is 873. The van der Waals surface area contributed by atoms with Gasteiger partial charge in [-0.05, 0) is 38.5 Å². The zero-order valence-electron chi connectivity index (χ0n) is 34.7. The van der Waals surface area contributed by atoms with Crippen LogP contribution in [0.1, 0.15) is 239 Å². The molecule has 0 saturated heterocycles. The summed E-state index contributed by atoms with van der Waals surface area (Å²) in [6, 6.07) is 0. The van der Waals surface area contributed by atoms with E-state index in [2.05, 4.69) is 30.5 Å². The first-order chi connectivity index (χ1) is 25.8. The number of unbranched alkanes of at least 4 members (excludes halogenated alkanes) is 30. The second-order valence-electron chi connectivity index (χ2n) is 15.4. The fourth-order valence-electron chi connectivity index (χ4n) is 6.66. The van der Waals surface area contributed by atoms with Crippen LogP contribution in [0.3, 0.4) is 0 Å². The quantitative estimate of drug-likeness (QED) is 0.0272. The smallest absolute Gasteiger partial charge is 0.462 e. The van der Waals surface area contributed by atoms with Crippen molar-refractivity contribution >= 4 is 19.8 Å². The van der Waals surface area contributed by atoms with E-state index in [9.17, 15) is 14.2 Å². The third kappa shape index (κ3) is 43.4. The number of phosphoric ester groups is 1. The number of phosphoric acid groups is 1. The average Bonchev–Trinajstić information content (AvgIpc) is 3.13. The van der Waals surface area contributed by atoms with E-state index in [1.165, 1.54) is 161 Å². The maximum absolute atomic E-state index is 12.4. The van der Waals surface area contributed by atoms with Crippen LogP contribution in [0.5, 0.6) is 0 Å². The molecule has 1 atom stereocenters. The standard InChI is InChI=1S/C44H85O8P/c1-3-5-7-9-11-13-15-17-19-20-21-22-23-25-27-29-31-33-35-37-39-44(46)52-42(41-51-53(47,48)49)40-50-43(45)38-36-34-32-30-28-26-24-18-16-14-12-10-8-6-4-2/h28,30,42H,3-27,29,31-41H2,1-2H3,(H2,47,48,49)/b30-28+/t42-/m1/s1. The minimum Gasteiger partial charge on any atom is -0.462 e. The Morgan fingerprint density at radius 3 is 1.19 bits per heavy atom. The summed E-state index contributed by atoms with van der Waals surface area (Å²) in [6.45, 7) is 3.70. The van der Waals surface area contributed by atoms with Gasteiger partial charge in [-0.2, -0.15) is 0 Å². The molecule has 53 heavy (non-hydrogen) atoms. The molecule has 0 aromatic carbocycles. The molecular weight excluding hydrogens is 687 g/mol. The second kappa shape index (κ2) is 40.5. The molecule has 0 unspecified atom stereocenters. The van der Waals surface area contributed by atoms with Crippen LogP contribution in [0.15, 0.2) is 12.2 Å². The van der Waals surface area contributed by atoms with Crippen molar-refractivity contribution < 1.29 is 37.9 Å². The average molecular weight is 773 g/mol. The highest BCUT2D eigenvalue weighted by atomic mass is 31.2. The van der Waals surface area contributed by atoms with Crippen molar-refractivity contribution in [1.82, 2.24) is 0 Å². The number of allylic oxidation sites excluding steroid dienone is 2. The molecule has 0 amide bonds. The molecular formula is C44H85O8P. The molecule has 0 saturated carbocycles. The van der Waals surface area contributed by atoms with E-state index in [4.69, 9.17) is 19.3 Å². The lowest BCUT2D eigenvalue weighted by Crippen LogP contribution is -2.29. The van der Waals surface area contributed by atoms with Gasteiger partial charge in [0.2, 0.25) is 0 Å². The highest BCUT2D eigenvalue weighted by Crippen LogP contribution is 2.36. The van der Waals surface area contributed by atoms with Crippen LogP contribution in [-0.4, -0.2) is 41.0 Å². The summed E-state index contributed by atoms with van der Waals surface area (Å²) in [6.07, 6.45) is 45.1. The van der Waals surface area contributed by atoms with E-state index in [1.54, 1.807) is 0 Å². The predicted molar refractivity (Wildman–Crippen MR) is 221 cm³/mol. The Morgan fingerprint density at radius 2 is 0.792 bits per heavy atom. The van der Waals surface area contributed by atoms with Crippen molar-refractivity contribution in [3.05, 3.63) is 12.2 Å². The zero-order valence-corrected chi connectivity index (χ0v) is 35.6. The summed E-state index contributed by atoms with van der Waals surface area (Å²) in [5.74, 6) is -0.896. The predicted octanol–water partition coefficient (Wildman–Crippen LogP) is 13.8. The Balaban J connectivity index is 3.85. The van der Waals surface area contributed by atoms with Crippen LogP contribution in [0.2, 0.25) is 0 Å². The molecule has 0 heterocycles. The number of carbonyl (C=O) groups excluding carboxylic acids is 2. The summed E-state index contributed by atoms with van der Waals surface area (Å²) >= 11 is 0. The van der Waals surface area contributed by atoms with E-state index >= 15 is 0 Å². The monoisotopic (exact) mass is 773 g/mol. The molecule has 0 spiro atoms. The van der Waals surface area contributed by atoms with E-state index in [-0.39, 0.29) is 19.4 Å². The van der Waals surface area contributed by atoms with Crippen LogP contribution in [0.25, 0.3) is 0 Å². The van der Waals surface area contributed by atoms with Gasteiger partial charge in [-0.15, -0.1) is 0 Å². The lowest BCUT2D eigenvalue weighted by molar-refractivity contribution is -0.161. The van der Waals surface area contributed by atoms with Crippen molar-refractivity contribution in [1.29, 1.82) is 0 Å². The summed E-state index contributed by atoms with van der Waals surface area (Å²) in [7, 11) is -4.75. The van der Waals surface area contributed by atoms with Gasteiger partial charge in [-0.3, -0.25) is 14.1 Å². The third-order valence-corrected chi connectivity index (χ3v) is 10.5. The normalized spacial score (nSPS) is 12.5. The number of rotatable bonds is 42. The molecule has 2 N–H and O–H groups in total. The summed E-state index contributed by atoms with van der Waals surface area (Å²) < 4.78 is 26.4. The minimum absolute atomic E-state index is 0.214. The maximum atomic E-state index is 12.4. The van der Waals surface area contributed by atoms with Gasteiger partial charge < -0.3 is 19.3 Å². The van der Waals surface area contributed by atoms with E-state index in [0.717, 1.165) is 38.5 Å². The number of ether oxygens (including phenoxy) is 2. The molecule has 314 valence electrons. The van der Waals surface area contributed by atoms with Gasteiger partial charge in [0.15, 0.2) is 6.10 Å². The van der Waals surface area contributed by atoms with Crippen LogP contribution < -0.4 is 0 Å².